The van der Waals surface area contributed by atoms with Gasteiger partial charge in [-0.05, 0) is 30.3 Å². The van der Waals surface area contributed by atoms with Crippen LogP contribution in [0.15, 0.2) is 47.4 Å². The van der Waals surface area contributed by atoms with Gasteiger partial charge in [-0.15, -0.1) is 11.8 Å². The second kappa shape index (κ2) is 7.16. The monoisotopic (exact) mass is 379 g/mol. The number of benzene rings is 2. The lowest BCUT2D eigenvalue weighted by molar-refractivity contribution is -0.384. The van der Waals surface area contributed by atoms with Crippen molar-refractivity contribution in [2.45, 2.75) is 4.90 Å². The molecule has 0 spiro atoms. The van der Waals surface area contributed by atoms with E-state index < -0.39 is 4.92 Å². The molecule has 1 aromatic heterocycles. The predicted molar refractivity (Wildman–Crippen MR) is 97.1 cm³/mol. The molecule has 3 rings (SSSR count). The number of nitro benzene ring substituents is 1. The van der Waals surface area contributed by atoms with Gasteiger partial charge in [0, 0.05) is 22.1 Å². The first-order chi connectivity index (χ1) is 11.5. The molecule has 0 fully saturated rings. The molecular formula is C15H10ClN3O3S2. The number of halogens is 1. The summed E-state index contributed by atoms with van der Waals surface area (Å²) < 4.78 is 0.779. The van der Waals surface area contributed by atoms with E-state index in [0.717, 1.165) is 9.60 Å². The second-order valence-corrected chi connectivity index (χ2v) is 7.23. The van der Waals surface area contributed by atoms with Crippen molar-refractivity contribution < 1.29 is 9.72 Å². The molecule has 24 heavy (non-hydrogen) atoms. The lowest BCUT2D eigenvalue weighted by Crippen LogP contribution is -2.13. The van der Waals surface area contributed by atoms with Crippen LogP contribution >= 0.6 is 34.7 Å². The van der Waals surface area contributed by atoms with Crippen LogP contribution in [0.5, 0.6) is 0 Å². The molecule has 1 amide bonds. The average molecular weight is 380 g/mol. The van der Waals surface area contributed by atoms with Gasteiger partial charge in [-0.25, -0.2) is 4.98 Å². The lowest BCUT2D eigenvalue weighted by atomic mass is 10.3. The van der Waals surface area contributed by atoms with Crippen molar-refractivity contribution in [2.24, 2.45) is 0 Å². The number of amides is 1. The summed E-state index contributed by atoms with van der Waals surface area (Å²) in [4.78, 5) is 27.5. The number of carbonyl (C=O) groups excluding carboxylic acids is 1. The molecule has 0 saturated carbocycles. The van der Waals surface area contributed by atoms with Crippen LogP contribution in [-0.2, 0) is 4.79 Å². The highest BCUT2D eigenvalue weighted by atomic mass is 35.5. The summed E-state index contributed by atoms with van der Waals surface area (Å²) in [6, 6.07) is 11.7. The molecular weight excluding hydrogens is 370 g/mol. The molecule has 0 unspecified atom stereocenters. The SMILES string of the molecule is O=C(CSc1ccc(Cl)cc1)Nc1nc2cc([N+](=O)[O-])ccc2s1. The van der Waals surface area contributed by atoms with E-state index in [-0.39, 0.29) is 17.3 Å². The van der Waals surface area contributed by atoms with Crippen LogP contribution in [0.2, 0.25) is 5.02 Å². The van der Waals surface area contributed by atoms with Gasteiger partial charge in [-0.3, -0.25) is 14.9 Å². The van der Waals surface area contributed by atoms with E-state index in [9.17, 15) is 14.9 Å². The Morgan fingerprint density at radius 3 is 2.75 bits per heavy atom. The summed E-state index contributed by atoms with van der Waals surface area (Å²) in [5, 5.41) is 14.6. The Balaban J connectivity index is 1.64. The van der Waals surface area contributed by atoms with Crippen molar-refractivity contribution >= 4 is 61.6 Å². The molecule has 0 bridgehead atoms. The molecule has 0 saturated heterocycles. The van der Waals surface area contributed by atoms with Gasteiger partial charge in [0.25, 0.3) is 5.69 Å². The van der Waals surface area contributed by atoms with Crippen LogP contribution in [0.3, 0.4) is 0 Å². The minimum Gasteiger partial charge on any atom is -0.301 e. The number of fused-ring (bicyclic) bond motifs is 1. The van der Waals surface area contributed by atoms with Gasteiger partial charge in [-0.1, -0.05) is 22.9 Å². The Bertz CT molecular complexity index is 912. The third kappa shape index (κ3) is 4.02. The number of nitrogens with one attached hydrogen (secondary N) is 1. The van der Waals surface area contributed by atoms with Crippen LogP contribution in [0.1, 0.15) is 0 Å². The molecule has 6 nitrogen and oxygen atoms in total. The van der Waals surface area contributed by atoms with Gasteiger partial charge in [0.1, 0.15) is 0 Å². The maximum Gasteiger partial charge on any atom is 0.271 e. The van der Waals surface area contributed by atoms with Gasteiger partial charge in [0.2, 0.25) is 5.91 Å². The zero-order chi connectivity index (χ0) is 17.1. The maximum absolute atomic E-state index is 12.0. The van der Waals surface area contributed by atoms with E-state index in [2.05, 4.69) is 10.3 Å². The molecule has 1 heterocycles. The second-order valence-electron chi connectivity index (χ2n) is 4.72. The Morgan fingerprint density at radius 2 is 2.04 bits per heavy atom. The fraction of sp³-hybridized carbons (Fsp3) is 0.0667. The molecule has 3 aromatic rings. The van der Waals surface area contributed by atoms with Crippen LogP contribution in [0.25, 0.3) is 10.2 Å². The fourth-order valence-electron chi connectivity index (χ4n) is 1.92. The molecule has 0 aliphatic carbocycles. The first kappa shape index (κ1) is 16.7. The summed E-state index contributed by atoms with van der Waals surface area (Å²) in [6.07, 6.45) is 0. The van der Waals surface area contributed by atoms with E-state index in [4.69, 9.17) is 11.6 Å². The van der Waals surface area contributed by atoms with Crippen LogP contribution in [0, 0.1) is 10.1 Å². The number of nitro groups is 1. The van der Waals surface area contributed by atoms with Crippen LogP contribution < -0.4 is 5.32 Å². The van der Waals surface area contributed by atoms with Gasteiger partial charge in [0.15, 0.2) is 5.13 Å². The normalized spacial score (nSPS) is 10.7. The Kier molecular flexibility index (Phi) is 4.98. The number of hydrogen-bond donors (Lipinski definition) is 1. The summed E-state index contributed by atoms with van der Waals surface area (Å²) in [5.74, 6) is 0.0426. The van der Waals surface area contributed by atoms with Gasteiger partial charge in [0.05, 0.1) is 20.9 Å². The number of hydrogen-bond acceptors (Lipinski definition) is 6. The summed E-state index contributed by atoms with van der Waals surface area (Å²) in [7, 11) is 0. The standard InChI is InChI=1S/C15H10ClN3O3S2/c16-9-1-4-11(5-2-9)23-8-14(20)18-15-17-12-7-10(19(21)22)3-6-13(12)24-15/h1-7H,8H2,(H,17,18,20). The fourth-order valence-corrected chi connectivity index (χ4v) is 3.60. The number of thiazole rings is 1. The third-order valence-corrected chi connectivity index (χ3v) is 5.23. The summed E-state index contributed by atoms with van der Waals surface area (Å²) >= 11 is 8.48. The molecule has 122 valence electrons. The quantitative estimate of drug-likeness (QED) is 0.398. The minimum absolute atomic E-state index is 0.0241. The molecule has 1 N–H and O–H groups in total. The molecule has 2 aromatic carbocycles. The number of anilines is 1. The average Bonchev–Trinajstić information content (AvgIpc) is 2.95. The summed E-state index contributed by atoms with van der Waals surface area (Å²) in [6.45, 7) is 0. The van der Waals surface area contributed by atoms with E-state index in [1.54, 1.807) is 18.2 Å². The lowest BCUT2D eigenvalue weighted by Gasteiger charge is -2.02. The van der Waals surface area contributed by atoms with E-state index >= 15 is 0 Å². The molecule has 0 aliphatic rings. The first-order valence-electron chi connectivity index (χ1n) is 6.74. The molecule has 0 radical (unpaired) electrons. The van der Waals surface area contributed by atoms with Crippen molar-refractivity contribution in [2.75, 3.05) is 11.1 Å². The highest BCUT2D eigenvalue weighted by Crippen LogP contribution is 2.29. The topological polar surface area (TPSA) is 85.1 Å². The number of aromatic nitrogens is 1. The van der Waals surface area contributed by atoms with Crippen LogP contribution in [0.4, 0.5) is 10.8 Å². The smallest absolute Gasteiger partial charge is 0.271 e. The molecule has 9 heteroatoms. The molecule has 0 atom stereocenters. The number of carbonyl (C=O) groups is 1. The Morgan fingerprint density at radius 1 is 1.29 bits per heavy atom. The zero-order valence-electron chi connectivity index (χ0n) is 12.1. The minimum atomic E-state index is -0.472. The van der Waals surface area contributed by atoms with Crippen molar-refractivity contribution in [1.29, 1.82) is 0 Å². The van der Waals surface area contributed by atoms with Gasteiger partial charge in [-0.2, -0.15) is 0 Å². The van der Waals surface area contributed by atoms with Crippen molar-refractivity contribution in [3.8, 4) is 0 Å². The van der Waals surface area contributed by atoms with Crippen molar-refractivity contribution in [1.82, 2.24) is 4.98 Å². The Hall–Kier alpha value is -2.16. The number of nitrogens with zero attached hydrogens (tertiary/aromatic N) is 2. The Labute approximate surface area is 150 Å². The highest BCUT2D eigenvalue weighted by Gasteiger charge is 2.12. The van der Waals surface area contributed by atoms with Crippen LogP contribution in [-0.4, -0.2) is 21.6 Å². The third-order valence-electron chi connectivity index (χ3n) is 3.01. The largest absolute Gasteiger partial charge is 0.301 e. The van der Waals surface area contributed by atoms with E-state index in [1.165, 1.54) is 35.2 Å². The number of non-ortho nitro benzene ring substituents is 1. The van der Waals surface area contributed by atoms with Gasteiger partial charge < -0.3 is 5.32 Å². The summed E-state index contributed by atoms with van der Waals surface area (Å²) in [5.41, 5.74) is 0.471. The van der Waals surface area contributed by atoms with Crippen molar-refractivity contribution in [3.05, 3.63) is 57.6 Å². The number of thioether (sulfide) groups is 1. The van der Waals surface area contributed by atoms with E-state index in [1.807, 2.05) is 12.1 Å². The maximum atomic E-state index is 12.0. The molecule has 0 aliphatic heterocycles. The highest BCUT2D eigenvalue weighted by molar-refractivity contribution is 8.00. The predicted octanol–water partition coefficient (Wildman–Crippen LogP) is 4.59. The first-order valence-corrected chi connectivity index (χ1v) is 8.92. The number of rotatable bonds is 5. The zero-order valence-corrected chi connectivity index (χ0v) is 14.5. The van der Waals surface area contributed by atoms with Crippen molar-refractivity contribution in [3.63, 3.8) is 0 Å². The van der Waals surface area contributed by atoms with E-state index in [0.29, 0.717) is 15.7 Å². The van der Waals surface area contributed by atoms with Gasteiger partial charge >= 0.3 is 0 Å².